The van der Waals surface area contributed by atoms with Gasteiger partial charge in [-0.3, -0.25) is 0 Å². The van der Waals surface area contributed by atoms with Gasteiger partial charge in [0.15, 0.2) is 0 Å². The molecule has 4 nitrogen and oxygen atoms in total. The van der Waals surface area contributed by atoms with Gasteiger partial charge < -0.3 is 10.5 Å². The maximum Gasteiger partial charge on any atom is 0.142 e. The van der Waals surface area contributed by atoms with Gasteiger partial charge in [0.05, 0.1) is 12.8 Å². The molecular weight excluding hydrogens is 378 g/mol. The number of anilines is 1. The van der Waals surface area contributed by atoms with Gasteiger partial charge >= 0.3 is 0 Å². The van der Waals surface area contributed by atoms with E-state index in [9.17, 15) is 5.26 Å². The Kier molecular flexibility index (Phi) is 4.73. The van der Waals surface area contributed by atoms with Gasteiger partial charge in [-0.25, -0.2) is 4.98 Å². The molecule has 0 fully saturated rings. The van der Waals surface area contributed by atoms with E-state index in [1.807, 2.05) is 55.5 Å². The zero-order valence-electron chi connectivity index (χ0n) is 13.9. The molecule has 1 heterocycles. The molecule has 0 amide bonds. The van der Waals surface area contributed by atoms with Gasteiger partial charge in [0, 0.05) is 15.6 Å². The van der Waals surface area contributed by atoms with Crippen LogP contribution in [0.15, 0.2) is 53.0 Å². The Morgan fingerprint density at radius 3 is 2.20 bits per heavy atom. The minimum atomic E-state index is 0.233. The van der Waals surface area contributed by atoms with Crippen molar-refractivity contribution in [2.45, 2.75) is 6.92 Å². The van der Waals surface area contributed by atoms with E-state index in [4.69, 9.17) is 10.5 Å². The van der Waals surface area contributed by atoms with Gasteiger partial charge in [0.1, 0.15) is 23.2 Å². The summed E-state index contributed by atoms with van der Waals surface area (Å²) >= 11 is 3.44. The average molecular weight is 394 g/mol. The Labute approximate surface area is 155 Å². The van der Waals surface area contributed by atoms with Gasteiger partial charge in [-0.15, -0.1) is 0 Å². The van der Waals surface area contributed by atoms with Crippen LogP contribution in [0.1, 0.15) is 11.1 Å². The van der Waals surface area contributed by atoms with Crippen molar-refractivity contribution in [1.82, 2.24) is 4.98 Å². The molecule has 5 heteroatoms. The van der Waals surface area contributed by atoms with Gasteiger partial charge in [-0.1, -0.05) is 28.1 Å². The molecule has 0 aliphatic heterocycles. The molecule has 1 aromatic heterocycles. The summed E-state index contributed by atoms with van der Waals surface area (Å²) < 4.78 is 6.18. The summed E-state index contributed by atoms with van der Waals surface area (Å²) in [5.74, 6) is 1.01. The Bertz CT molecular complexity index is 958. The molecule has 0 saturated heterocycles. The number of nitrogen functional groups attached to an aromatic ring is 1. The van der Waals surface area contributed by atoms with Crippen LogP contribution in [-0.4, -0.2) is 12.1 Å². The highest BCUT2D eigenvalue weighted by atomic mass is 79.9. The number of nitrogens with two attached hydrogens (primary N) is 1. The van der Waals surface area contributed by atoms with Crippen LogP contribution in [0.25, 0.3) is 22.4 Å². The lowest BCUT2D eigenvalue weighted by Gasteiger charge is -2.15. The second-order valence-electron chi connectivity index (χ2n) is 5.57. The van der Waals surface area contributed by atoms with Gasteiger partial charge in [0.2, 0.25) is 0 Å². The molecule has 2 N–H and O–H groups in total. The quantitative estimate of drug-likeness (QED) is 0.682. The van der Waals surface area contributed by atoms with E-state index < -0.39 is 0 Å². The molecule has 0 saturated carbocycles. The lowest BCUT2D eigenvalue weighted by molar-refractivity contribution is 0.415. The minimum absolute atomic E-state index is 0.233. The minimum Gasteiger partial charge on any atom is -0.497 e. The molecule has 3 aromatic rings. The zero-order chi connectivity index (χ0) is 18.0. The van der Waals surface area contributed by atoms with Crippen molar-refractivity contribution < 1.29 is 4.74 Å². The summed E-state index contributed by atoms with van der Waals surface area (Å²) in [5.41, 5.74) is 10.8. The summed E-state index contributed by atoms with van der Waals surface area (Å²) in [6.07, 6.45) is 0. The standard InChI is InChI=1S/C20H16BrN3O/c1-12-18(13-3-7-15(21)8-4-13)17(11-22)20(23)24-19(12)14-5-9-16(25-2)10-6-14/h3-10H,1-2H3,(H2,23,24). The Morgan fingerprint density at radius 2 is 1.64 bits per heavy atom. The predicted octanol–water partition coefficient (Wildman–Crippen LogP) is 4.95. The predicted molar refractivity (Wildman–Crippen MR) is 103 cm³/mol. The Morgan fingerprint density at radius 1 is 1.04 bits per heavy atom. The van der Waals surface area contributed by atoms with E-state index in [2.05, 4.69) is 27.0 Å². The van der Waals surface area contributed by atoms with Crippen molar-refractivity contribution >= 4 is 21.7 Å². The molecule has 3 rings (SSSR count). The van der Waals surface area contributed by atoms with Crippen LogP contribution in [0.4, 0.5) is 5.82 Å². The number of methoxy groups -OCH3 is 1. The molecule has 0 aliphatic carbocycles. The third kappa shape index (κ3) is 3.21. The summed E-state index contributed by atoms with van der Waals surface area (Å²) in [5, 5.41) is 9.57. The number of pyridine rings is 1. The van der Waals surface area contributed by atoms with E-state index in [-0.39, 0.29) is 5.82 Å². The lowest BCUT2D eigenvalue weighted by atomic mass is 9.93. The summed E-state index contributed by atoms with van der Waals surface area (Å²) in [4.78, 5) is 4.48. The topological polar surface area (TPSA) is 71.9 Å². The monoisotopic (exact) mass is 393 g/mol. The maximum atomic E-state index is 9.57. The molecule has 0 aliphatic rings. The summed E-state index contributed by atoms with van der Waals surface area (Å²) in [6, 6.07) is 17.6. The lowest BCUT2D eigenvalue weighted by Crippen LogP contribution is -2.03. The fraction of sp³-hybridized carbons (Fsp3) is 0.100. The van der Waals surface area contributed by atoms with Crippen molar-refractivity contribution in [2.24, 2.45) is 0 Å². The van der Waals surface area contributed by atoms with Gasteiger partial charge in [0.25, 0.3) is 0 Å². The smallest absolute Gasteiger partial charge is 0.142 e. The summed E-state index contributed by atoms with van der Waals surface area (Å²) in [7, 11) is 1.63. The summed E-state index contributed by atoms with van der Waals surface area (Å²) in [6.45, 7) is 1.96. The third-order valence-corrected chi connectivity index (χ3v) is 4.61. The first-order chi connectivity index (χ1) is 12.0. The van der Waals surface area contributed by atoms with E-state index in [0.717, 1.165) is 38.2 Å². The largest absolute Gasteiger partial charge is 0.497 e. The number of benzene rings is 2. The Balaban J connectivity index is 2.25. The molecule has 25 heavy (non-hydrogen) atoms. The van der Waals surface area contributed by atoms with Crippen molar-refractivity contribution in [3.8, 4) is 34.2 Å². The number of halogens is 1. The average Bonchev–Trinajstić information content (AvgIpc) is 2.64. The van der Waals surface area contributed by atoms with Gasteiger partial charge in [-0.05, 0) is 54.4 Å². The number of hydrogen-bond donors (Lipinski definition) is 1. The molecule has 0 radical (unpaired) electrons. The molecule has 0 unspecified atom stereocenters. The zero-order valence-corrected chi connectivity index (χ0v) is 15.5. The van der Waals surface area contributed by atoms with E-state index in [1.54, 1.807) is 7.11 Å². The van der Waals surface area contributed by atoms with Crippen LogP contribution in [0.5, 0.6) is 5.75 Å². The van der Waals surface area contributed by atoms with E-state index in [1.165, 1.54) is 0 Å². The fourth-order valence-electron chi connectivity index (χ4n) is 2.81. The van der Waals surface area contributed by atoms with Crippen LogP contribution in [-0.2, 0) is 0 Å². The molecule has 0 spiro atoms. The molecular formula is C20H16BrN3O. The van der Waals surface area contributed by atoms with Crippen LogP contribution in [0.2, 0.25) is 0 Å². The number of hydrogen-bond acceptors (Lipinski definition) is 4. The SMILES string of the molecule is COc1ccc(-c2nc(N)c(C#N)c(-c3ccc(Br)cc3)c2C)cc1. The molecule has 124 valence electrons. The van der Waals surface area contributed by atoms with Crippen molar-refractivity contribution in [3.05, 3.63) is 64.1 Å². The van der Waals surface area contributed by atoms with Gasteiger partial charge in [-0.2, -0.15) is 5.26 Å². The second-order valence-corrected chi connectivity index (χ2v) is 6.48. The second kappa shape index (κ2) is 6.96. The van der Waals surface area contributed by atoms with Crippen LogP contribution >= 0.6 is 15.9 Å². The van der Waals surface area contributed by atoms with E-state index in [0.29, 0.717) is 5.56 Å². The molecule has 0 atom stereocenters. The number of nitriles is 1. The van der Waals surface area contributed by atoms with Crippen LogP contribution in [0.3, 0.4) is 0 Å². The first-order valence-corrected chi connectivity index (χ1v) is 8.45. The molecule has 0 bridgehead atoms. The normalized spacial score (nSPS) is 10.3. The van der Waals surface area contributed by atoms with E-state index >= 15 is 0 Å². The molecule has 2 aromatic carbocycles. The highest BCUT2D eigenvalue weighted by Crippen LogP contribution is 2.36. The Hall–Kier alpha value is -2.84. The fourth-order valence-corrected chi connectivity index (χ4v) is 3.08. The van der Waals surface area contributed by atoms with Crippen LogP contribution < -0.4 is 10.5 Å². The maximum absolute atomic E-state index is 9.57. The highest BCUT2D eigenvalue weighted by molar-refractivity contribution is 9.10. The number of aromatic nitrogens is 1. The third-order valence-electron chi connectivity index (χ3n) is 4.08. The van der Waals surface area contributed by atoms with Crippen molar-refractivity contribution in [2.75, 3.05) is 12.8 Å². The number of rotatable bonds is 3. The van der Waals surface area contributed by atoms with Crippen molar-refractivity contribution in [1.29, 1.82) is 5.26 Å². The number of ether oxygens (including phenoxy) is 1. The van der Waals surface area contributed by atoms with Crippen molar-refractivity contribution in [3.63, 3.8) is 0 Å². The first kappa shape index (κ1) is 17.0. The number of nitrogens with zero attached hydrogens (tertiary/aromatic N) is 2. The van der Waals surface area contributed by atoms with Crippen LogP contribution in [0, 0.1) is 18.3 Å². The highest BCUT2D eigenvalue weighted by Gasteiger charge is 2.18. The first-order valence-electron chi connectivity index (χ1n) is 7.65.